The summed E-state index contributed by atoms with van der Waals surface area (Å²) in [6.45, 7) is -3.16. The molecule has 0 aliphatic carbocycles. The van der Waals surface area contributed by atoms with E-state index in [1.807, 2.05) is 0 Å². The average molecular weight is 1870 g/mol. The van der Waals surface area contributed by atoms with Crippen LogP contribution >= 0.6 is 0 Å². The Morgan fingerprint density at radius 1 is 0.276 bits per heavy atom. The first-order valence-corrected chi connectivity index (χ1v) is 37.1. The SMILES string of the molecule is O=C(OCC1OC(OC(=O)c2cc(O)c(O)c(O)c2)C2OC(=O)c3cc(O)c(O)c(O)c3-c3c(cc(O)c(O)c3O)C(=O)OC2C1OC(=O)c1cc(O)c(O)c(O)c1Oc1cc2c(c(O)c1O)-c1c(cc(O)c(O)c1O)C(=O)OC1C3OC(=O)c4cc(O)c(O)c(O)c4-c4c(cc(O)c(O)c4O)C(=O)OCC3OC(OC(=O)c3cc(O)c(O)c(O)c3)C1OC2=O)c1cc(O)c(O)c(O)c1. The van der Waals surface area contributed by atoms with Crippen molar-refractivity contribution in [1.29, 1.82) is 0 Å². The molecule has 5 heterocycles. The van der Waals surface area contributed by atoms with Gasteiger partial charge in [0.15, 0.2) is 157 Å². The van der Waals surface area contributed by atoms with E-state index in [9.17, 15) is 167 Å². The highest BCUT2D eigenvalue weighted by Crippen LogP contribution is 2.60. The number of phenols is 29. The van der Waals surface area contributed by atoms with Crippen molar-refractivity contribution >= 4 is 59.7 Å². The van der Waals surface area contributed by atoms with Crippen LogP contribution in [0.1, 0.15) is 104 Å². The second kappa shape index (κ2) is 32.9. The van der Waals surface area contributed by atoms with E-state index in [1.165, 1.54) is 0 Å². The summed E-state index contributed by atoms with van der Waals surface area (Å²) in [7, 11) is 0. The van der Waals surface area contributed by atoms with Crippen LogP contribution in [-0.2, 0) is 56.8 Å². The molecule has 2 fully saturated rings. The summed E-state index contributed by atoms with van der Waals surface area (Å²) in [5, 5.41) is 320. The molecular formula is C82H56O52. The van der Waals surface area contributed by atoms with Crippen LogP contribution in [0.25, 0.3) is 33.4 Å². The average Bonchev–Trinajstić information content (AvgIpc) is 0.856. The minimum atomic E-state index is -3.03. The summed E-state index contributed by atoms with van der Waals surface area (Å²) in [6.07, 6.45) is -28.7. The highest BCUT2D eigenvalue weighted by molar-refractivity contribution is 6.12. The number of ether oxygens (including phenoxy) is 13. The molecule has 0 aromatic heterocycles. The van der Waals surface area contributed by atoms with Crippen LogP contribution in [0, 0.1) is 0 Å². The lowest BCUT2D eigenvalue weighted by molar-refractivity contribution is -0.283. The van der Waals surface area contributed by atoms with Gasteiger partial charge in [-0.2, -0.15) is 0 Å². The van der Waals surface area contributed by atoms with Gasteiger partial charge in [-0.3, -0.25) is 0 Å². The van der Waals surface area contributed by atoms with Gasteiger partial charge < -0.3 is 210 Å². The number of cyclic esters (lactones) is 1. The normalized spacial score (nSPS) is 19.5. The topological polar surface area (TPSA) is 877 Å². The number of phenolic OH excluding ortho intramolecular Hbond substituents is 29. The Kier molecular flexibility index (Phi) is 22.0. The molecule has 52 heteroatoms. The van der Waals surface area contributed by atoms with E-state index in [1.54, 1.807) is 0 Å². The van der Waals surface area contributed by atoms with Gasteiger partial charge in [0.05, 0.1) is 50.1 Å². The number of esters is 10. The summed E-state index contributed by atoms with van der Waals surface area (Å²) in [5.41, 5.74) is -20.9. The van der Waals surface area contributed by atoms with Gasteiger partial charge in [-0.15, -0.1) is 0 Å². The molecule has 10 unspecified atom stereocenters. The third-order valence-corrected chi connectivity index (χ3v) is 21.0. The molecule has 10 aromatic carbocycles. The lowest BCUT2D eigenvalue weighted by Gasteiger charge is -2.44. The molecule has 696 valence electrons. The molecule has 0 radical (unpaired) electrons. The number of hydrogen-bond donors (Lipinski definition) is 29. The summed E-state index contributed by atoms with van der Waals surface area (Å²) in [4.78, 5) is 150. The Bertz CT molecular complexity index is 6800. The van der Waals surface area contributed by atoms with Crippen molar-refractivity contribution in [3.8, 4) is 212 Å². The molecule has 0 bridgehead atoms. The van der Waals surface area contributed by atoms with Gasteiger partial charge in [-0.25, -0.2) is 47.9 Å². The van der Waals surface area contributed by atoms with E-state index in [0.717, 1.165) is 0 Å². The number of fused-ring (bicyclic) bond motifs is 13. The fourth-order valence-corrected chi connectivity index (χ4v) is 14.5. The highest BCUT2D eigenvalue weighted by atomic mass is 16.8. The molecule has 134 heavy (non-hydrogen) atoms. The number of rotatable bonds is 11. The first-order chi connectivity index (χ1) is 63.1. The van der Waals surface area contributed by atoms with Crippen LogP contribution in [0.2, 0.25) is 0 Å². The lowest BCUT2D eigenvalue weighted by Crippen LogP contribution is -2.63. The van der Waals surface area contributed by atoms with Crippen molar-refractivity contribution < 1.29 is 258 Å². The molecular weight excluding hydrogens is 1820 g/mol. The summed E-state index contributed by atoms with van der Waals surface area (Å²) in [5.74, 6) is -67.9. The van der Waals surface area contributed by atoms with E-state index < -0.39 is 402 Å². The third-order valence-electron chi connectivity index (χ3n) is 21.0. The van der Waals surface area contributed by atoms with Crippen molar-refractivity contribution in [2.24, 2.45) is 0 Å². The van der Waals surface area contributed by atoms with E-state index in [-0.39, 0.29) is 36.4 Å². The van der Waals surface area contributed by atoms with Gasteiger partial charge in [-0.05, 0) is 66.7 Å². The van der Waals surface area contributed by atoms with E-state index >= 15 is 28.8 Å². The standard InChI is InChI=1S/C82H56O52/c83-26-1-16(2-27(84)47(26)95)71(112)122-14-39-66(68-69(81(125-39)133-72(113)17-3-28(85)48(96)29(86)4-17)131-78(119)23-11-36(93)53(101)60(108)44(23)43-21(76(117)130-68)9-34(91)52(100)59(43)107)128-80(121)25-12-37(94)55(103)63(111)64(25)124-38-13-24-46(62(110)56(38)104)45-22(10-35(92)54(102)61(45)109)77(118)129-67-65-40(126-82(70(67)132-79(24)120)134-73(114)18-5-30(87)49(97)31(88)6-18)15-123-74(115)19-7-32(89)50(98)57(105)41(19)42-20(75(116)127-65)8-33(90)51(99)58(42)106/h1-13,39-40,65-70,81-111H,14-15H2. The second-order valence-electron chi connectivity index (χ2n) is 29.0. The van der Waals surface area contributed by atoms with Crippen molar-refractivity contribution in [3.63, 3.8) is 0 Å². The zero-order valence-electron chi connectivity index (χ0n) is 65.6. The van der Waals surface area contributed by atoms with E-state index in [2.05, 4.69) is 0 Å². The Morgan fingerprint density at radius 3 is 0.948 bits per heavy atom. The molecule has 52 nitrogen and oxygen atoms in total. The van der Waals surface area contributed by atoms with Gasteiger partial charge in [-0.1, -0.05) is 0 Å². The number of benzene rings is 10. The smallest absolute Gasteiger partial charge is 0.342 e. The van der Waals surface area contributed by atoms with Crippen molar-refractivity contribution in [2.45, 2.75) is 61.4 Å². The van der Waals surface area contributed by atoms with Gasteiger partial charge in [0.25, 0.3) is 0 Å². The van der Waals surface area contributed by atoms with Gasteiger partial charge in [0, 0.05) is 45.5 Å². The van der Waals surface area contributed by atoms with Gasteiger partial charge >= 0.3 is 59.7 Å². The third kappa shape index (κ3) is 15.0. The fraction of sp³-hybridized carbons (Fsp3) is 0.146. The van der Waals surface area contributed by atoms with Crippen LogP contribution in [0.5, 0.6) is 178 Å². The fourth-order valence-electron chi connectivity index (χ4n) is 14.5. The molecule has 29 N–H and O–H groups in total. The van der Waals surface area contributed by atoms with Gasteiger partial charge in [0.2, 0.25) is 70.8 Å². The minimum absolute atomic E-state index is 0.0556. The van der Waals surface area contributed by atoms with Crippen molar-refractivity contribution in [1.82, 2.24) is 0 Å². The van der Waals surface area contributed by atoms with Crippen molar-refractivity contribution in [3.05, 3.63) is 134 Å². The molecule has 15 rings (SSSR count). The molecule has 5 aliphatic rings. The Labute approximate surface area is 735 Å². The molecule has 0 amide bonds. The quantitative estimate of drug-likeness (QED) is 0.0498. The zero-order chi connectivity index (χ0) is 97.5. The first-order valence-electron chi connectivity index (χ1n) is 37.1. The molecule has 5 aliphatic heterocycles. The predicted octanol–water partition coefficient (Wildman–Crippen LogP) is 3.71. The first kappa shape index (κ1) is 89.6. The second-order valence-corrected chi connectivity index (χ2v) is 29.0. The van der Waals surface area contributed by atoms with Crippen LogP contribution in [0.4, 0.5) is 0 Å². The Balaban J connectivity index is 0.888. The molecule has 0 spiro atoms. The molecule has 2 saturated heterocycles. The van der Waals surface area contributed by atoms with E-state index in [0.29, 0.717) is 42.5 Å². The maximum absolute atomic E-state index is 15.8. The van der Waals surface area contributed by atoms with Crippen LogP contribution in [-0.4, -0.2) is 282 Å². The maximum Gasteiger partial charge on any atom is 0.342 e. The van der Waals surface area contributed by atoms with Crippen LogP contribution < -0.4 is 4.74 Å². The molecule has 10 atom stereocenters. The number of hydrogen-bond acceptors (Lipinski definition) is 52. The Morgan fingerprint density at radius 2 is 0.567 bits per heavy atom. The van der Waals surface area contributed by atoms with Crippen LogP contribution in [0.15, 0.2) is 78.9 Å². The number of carbonyl (C=O) groups excluding carboxylic acids is 10. The summed E-state index contributed by atoms with van der Waals surface area (Å²) in [6, 6.07) is 3.96. The zero-order valence-corrected chi connectivity index (χ0v) is 65.6. The molecule has 0 saturated carbocycles. The molecule has 10 aromatic rings. The number of carbonyl (C=O) groups is 10. The summed E-state index contributed by atoms with van der Waals surface area (Å²) >= 11 is 0. The summed E-state index contributed by atoms with van der Waals surface area (Å²) < 4.78 is 74.6. The Hall–Kier alpha value is -19.2. The monoisotopic (exact) mass is 1870 g/mol. The van der Waals surface area contributed by atoms with E-state index in [4.69, 9.17) is 61.6 Å². The largest absolute Gasteiger partial charge is 0.504 e. The highest BCUT2D eigenvalue weighted by Gasteiger charge is 2.59. The maximum atomic E-state index is 15.8. The van der Waals surface area contributed by atoms with Crippen LogP contribution in [0.3, 0.4) is 0 Å². The predicted molar refractivity (Wildman–Crippen MR) is 414 cm³/mol. The van der Waals surface area contributed by atoms with Gasteiger partial charge in [0.1, 0.15) is 31.0 Å². The number of aromatic hydroxyl groups is 29. The minimum Gasteiger partial charge on any atom is -0.504 e. The van der Waals surface area contributed by atoms with Crippen molar-refractivity contribution in [2.75, 3.05) is 13.2 Å². The lowest BCUT2D eigenvalue weighted by atomic mass is 9.90.